The fourth-order valence-electron chi connectivity index (χ4n) is 3.21. The second kappa shape index (κ2) is 8.47. The molecular formula is C18H24N4O2S. The zero-order valence-corrected chi connectivity index (χ0v) is 15.5. The van der Waals surface area contributed by atoms with Gasteiger partial charge in [-0.3, -0.25) is 4.79 Å². The summed E-state index contributed by atoms with van der Waals surface area (Å²) in [5.74, 6) is 0.854. The molecule has 1 aliphatic carbocycles. The molecule has 1 heterocycles. The predicted octanol–water partition coefficient (Wildman–Crippen LogP) is 3.94. The van der Waals surface area contributed by atoms with Crippen LogP contribution in [0.1, 0.15) is 61.8 Å². The zero-order chi connectivity index (χ0) is 17.6. The molecule has 1 aliphatic rings. The lowest BCUT2D eigenvalue weighted by molar-refractivity contribution is 0.0988. The van der Waals surface area contributed by atoms with Crippen molar-refractivity contribution in [3.8, 4) is 5.75 Å². The van der Waals surface area contributed by atoms with Gasteiger partial charge in [0.05, 0.1) is 18.4 Å². The maximum atomic E-state index is 12.8. The molecule has 0 N–H and O–H groups in total. The number of rotatable bonds is 7. The summed E-state index contributed by atoms with van der Waals surface area (Å²) >= 11 is 1.47. The van der Waals surface area contributed by atoms with Gasteiger partial charge in [0.25, 0.3) is 0 Å². The van der Waals surface area contributed by atoms with Crippen LogP contribution in [0.4, 0.5) is 0 Å². The van der Waals surface area contributed by atoms with Crippen molar-refractivity contribution in [3.63, 3.8) is 0 Å². The number of aromatic nitrogens is 4. The highest BCUT2D eigenvalue weighted by atomic mass is 32.2. The van der Waals surface area contributed by atoms with Crippen molar-refractivity contribution in [1.82, 2.24) is 20.2 Å². The number of hydrogen-bond donors (Lipinski definition) is 0. The van der Waals surface area contributed by atoms with Crippen LogP contribution in [0.25, 0.3) is 0 Å². The average molecular weight is 360 g/mol. The van der Waals surface area contributed by atoms with Gasteiger partial charge >= 0.3 is 0 Å². The van der Waals surface area contributed by atoms with E-state index in [1.807, 2.05) is 35.9 Å². The smallest absolute Gasteiger partial charge is 0.210 e. The first-order valence-corrected chi connectivity index (χ1v) is 9.73. The number of benzene rings is 1. The van der Waals surface area contributed by atoms with E-state index in [1.165, 1.54) is 31.0 Å². The Morgan fingerprint density at radius 3 is 2.64 bits per heavy atom. The van der Waals surface area contributed by atoms with Crippen molar-refractivity contribution in [2.75, 3.05) is 7.11 Å². The molecule has 25 heavy (non-hydrogen) atoms. The van der Waals surface area contributed by atoms with Crippen LogP contribution in [0.5, 0.6) is 5.75 Å². The molecule has 0 bridgehead atoms. The summed E-state index contributed by atoms with van der Waals surface area (Å²) in [4.78, 5) is 12.8. The molecule has 1 fully saturated rings. The van der Waals surface area contributed by atoms with E-state index >= 15 is 0 Å². The molecule has 6 nitrogen and oxygen atoms in total. The molecule has 0 saturated heterocycles. The predicted molar refractivity (Wildman–Crippen MR) is 97.2 cm³/mol. The number of tetrazole rings is 1. The van der Waals surface area contributed by atoms with Crippen LogP contribution in [0.3, 0.4) is 0 Å². The summed E-state index contributed by atoms with van der Waals surface area (Å²) in [5, 5.41) is 12.8. The molecule has 1 saturated carbocycles. The molecule has 2 aromatic rings. The molecule has 1 aromatic carbocycles. The third-order valence-electron chi connectivity index (χ3n) is 4.67. The molecule has 1 atom stereocenters. The number of ketones is 1. The van der Waals surface area contributed by atoms with E-state index in [-0.39, 0.29) is 11.0 Å². The third kappa shape index (κ3) is 4.21. The molecule has 3 rings (SSSR count). The highest BCUT2D eigenvalue weighted by Crippen LogP contribution is 2.33. The van der Waals surface area contributed by atoms with Gasteiger partial charge in [0.1, 0.15) is 5.75 Å². The average Bonchev–Trinajstić information content (AvgIpc) is 3.14. The normalized spacial score (nSPS) is 16.6. The van der Waals surface area contributed by atoms with Crippen molar-refractivity contribution in [2.45, 2.75) is 61.9 Å². The van der Waals surface area contributed by atoms with Gasteiger partial charge in [-0.15, -0.1) is 5.10 Å². The zero-order valence-electron chi connectivity index (χ0n) is 14.7. The second-order valence-electron chi connectivity index (χ2n) is 6.31. The van der Waals surface area contributed by atoms with Crippen LogP contribution in [0.2, 0.25) is 0 Å². The van der Waals surface area contributed by atoms with E-state index in [4.69, 9.17) is 4.74 Å². The summed E-state index contributed by atoms with van der Waals surface area (Å²) < 4.78 is 7.08. The first kappa shape index (κ1) is 17.9. The summed E-state index contributed by atoms with van der Waals surface area (Å²) in [6.45, 7) is 2.02. The molecule has 1 aromatic heterocycles. The minimum absolute atomic E-state index is 0.105. The Balaban J connectivity index is 1.73. The van der Waals surface area contributed by atoms with Crippen LogP contribution < -0.4 is 4.74 Å². The first-order valence-electron chi connectivity index (χ1n) is 8.85. The van der Waals surface area contributed by atoms with Crippen molar-refractivity contribution in [3.05, 3.63) is 29.8 Å². The lowest BCUT2D eigenvalue weighted by atomic mass is 9.96. The number of Topliss-reactive ketones (excluding diaryl/α,β-unsaturated/α-hetero) is 1. The molecule has 7 heteroatoms. The Labute approximate surface area is 152 Å². The largest absolute Gasteiger partial charge is 0.497 e. The number of methoxy groups -OCH3 is 1. The quantitative estimate of drug-likeness (QED) is 0.550. The van der Waals surface area contributed by atoms with E-state index in [9.17, 15) is 4.79 Å². The van der Waals surface area contributed by atoms with Crippen molar-refractivity contribution < 1.29 is 9.53 Å². The van der Waals surface area contributed by atoms with Crippen LogP contribution in [-0.2, 0) is 0 Å². The maximum Gasteiger partial charge on any atom is 0.210 e. The minimum Gasteiger partial charge on any atom is -0.497 e. The van der Waals surface area contributed by atoms with E-state index in [2.05, 4.69) is 15.5 Å². The van der Waals surface area contributed by atoms with Gasteiger partial charge < -0.3 is 4.74 Å². The van der Waals surface area contributed by atoms with Crippen LogP contribution >= 0.6 is 11.8 Å². The number of ether oxygens (including phenoxy) is 1. The van der Waals surface area contributed by atoms with Crippen molar-refractivity contribution in [1.29, 1.82) is 0 Å². The third-order valence-corrected chi connectivity index (χ3v) is 5.98. The lowest BCUT2D eigenvalue weighted by Crippen LogP contribution is -2.20. The Morgan fingerprint density at radius 2 is 2.00 bits per heavy atom. The molecule has 0 aliphatic heterocycles. The van der Waals surface area contributed by atoms with Gasteiger partial charge in [-0.25, -0.2) is 4.68 Å². The van der Waals surface area contributed by atoms with E-state index in [1.54, 1.807) is 7.11 Å². The van der Waals surface area contributed by atoms with Crippen molar-refractivity contribution >= 4 is 17.5 Å². The van der Waals surface area contributed by atoms with Gasteiger partial charge in [0.15, 0.2) is 5.78 Å². The molecule has 134 valence electrons. The number of carbonyl (C=O) groups excluding carboxylic acids is 1. The molecule has 0 spiro atoms. The number of nitrogens with zero attached hydrogens (tertiary/aromatic N) is 4. The first-order chi connectivity index (χ1) is 12.2. The Morgan fingerprint density at radius 1 is 1.28 bits per heavy atom. The van der Waals surface area contributed by atoms with Crippen molar-refractivity contribution in [2.24, 2.45) is 0 Å². The van der Waals surface area contributed by atoms with Gasteiger partial charge in [-0.05, 0) is 54.0 Å². The Kier molecular flexibility index (Phi) is 6.07. The van der Waals surface area contributed by atoms with E-state index in [0.717, 1.165) is 30.2 Å². The van der Waals surface area contributed by atoms with E-state index in [0.29, 0.717) is 11.6 Å². The molecule has 0 radical (unpaired) electrons. The minimum atomic E-state index is -0.193. The highest BCUT2D eigenvalue weighted by molar-refractivity contribution is 8.00. The van der Waals surface area contributed by atoms with Crippen LogP contribution in [0, 0.1) is 0 Å². The van der Waals surface area contributed by atoms with Gasteiger partial charge in [0, 0.05) is 5.56 Å². The number of carbonyl (C=O) groups is 1. The summed E-state index contributed by atoms with van der Waals surface area (Å²) in [5.41, 5.74) is 0.692. The number of thioether (sulfide) groups is 1. The Bertz CT molecular complexity index is 695. The molecular weight excluding hydrogens is 336 g/mol. The SMILES string of the molecule is CCC(Sc1nnnn1C1CCCCC1)C(=O)c1ccc(OC)cc1. The second-order valence-corrected chi connectivity index (χ2v) is 7.48. The topological polar surface area (TPSA) is 69.9 Å². The highest BCUT2D eigenvalue weighted by Gasteiger charge is 2.26. The Hall–Kier alpha value is -1.89. The fraction of sp³-hybridized carbons (Fsp3) is 0.556. The van der Waals surface area contributed by atoms with Gasteiger partial charge in [-0.2, -0.15) is 0 Å². The van der Waals surface area contributed by atoms with Crippen LogP contribution in [-0.4, -0.2) is 38.4 Å². The fourth-order valence-corrected chi connectivity index (χ4v) is 4.25. The summed E-state index contributed by atoms with van der Waals surface area (Å²) in [6.07, 6.45) is 6.68. The molecule has 0 amide bonds. The monoisotopic (exact) mass is 360 g/mol. The van der Waals surface area contributed by atoms with Crippen LogP contribution in [0.15, 0.2) is 29.4 Å². The van der Waals surface area contributed by atoms with E-state index < -0.39 is 0 Å². The molecule has 1 unspecified atom stereocenters. The van der Waals surface area contributed by atoms with Gasteiger partial charge in [-0.1, -0.05) is 37.9 Å². The summed E-state index contributed by atoms with van der Waals surface area (Å²) in [6, 6.07) is 7.62. The van der Waals surface area contributed by atoms with Gasteiger partial charge in [0.2, 0.25) is 5.16 Å². The maximum absolute atomic E-state index is 12.8. The standard InChI is InChI=1S/C18H24N4O2S/c1-3-16(17(23)13-9-11-15(24-2)12-10-13)25-18-19-20-21-22(18)14-7-5-4-6-8-14/h9-12,14,16H,3-8H2,1-2H3. The summed E-state index contributed by atoms with van der Waals surface area (Å²) in [7, 11) is 1.62. The number of hydrogen-bond acceptors (Lipinski definition) is 6. The lowest BCUT2D eigenvalue weighted by Gasteiger charge is -2.22.